The van der Waals surface area contributed by atoms with Crippen LogP contribution in [0.4, 0.5) is 0 Å². The first-order valence-electron chi connectivity index (χ1n) is 6.01. The molecule has 76 valence electrons. The minimum Gasteiger partial charge on any atom is -0.0613 e. The van der Waals surface area contributed by atoms with E-state index in [1.54, 1.807) is 11.1 Å². The average Bonchev–Trinajstić information content (AvgIpc) is 2.18. The summed E-state index contributed by atoms with van der Waals surface area (Å²) in [5.41, 5.74) is 4.75. The molecule has 0 radical (unpaired) electrons. The minimum atomic E-state index is 1.17. The van der Waals surface area contributed by atoms with Gasteiger partial charge in [0.05, 0.1) is 0 Å². The summed E-state index contributed by atoms with van der Waals surface area (Å²) in [5, 5.41) is 0. The zero-order valence-corrected chi connectivity index (χ0v) is 9.18. The Morgan fingerprint density at radius 2 is 1.64 bits per heavy atom. The Bertz CT molecular complexity index is 299. The first-order valence-corrected chi connectivity index (χ1v) is 6.01. The molecule has 0 saturated heterocycles. The van der Waals surface area contributed by atoms with E-state index in [0.717, 1.165) is 0 Å². The van der Waals surface area contributed by atoms with Crippen LogP contribution in [0.25, 0.3) is 0 Å². The monoisotopic (exact) mass is 188 g/mol. The van der Waals surface area contributed by atoms with E-state index in [9.17, 15) is 0 Å². The summed E-state index contributed by atoms with van der Waals surface area (Å²) in [7, 11) is 0. The predicted molar refractivity (Wildman–Crippen MR) is 61.7 cm³/mol. The fourth-order valence-electron chi connectivity index (χ4n) is 2.36. The summed E-state index contributed by atoms with van der Waals surface area (Å²) < 4.78 is 0. The Hall–Kier alpha value is -0.780. The lowest BCUT2D eigenvalue weighted by Gasteiger charge is -2.14. The molecule has 1 aromatic rings. The van der Waals surface area contributed by atoms with Crippen LogP contribution < -0.4 is 0 Å². The SMILES string of the molecule is CCc1ccc2c(c1)CCCCCC2. The van der Waals surface area contributed by atoms with Crippen molar-refractivity contribution in [3.05, 3.63) is 34.9 Å². The first-order chi connectivity index (χ1) is 6.90. The summed E-state index contributed by atoms with van der Waals surface area (Å²) >= 11 is 0. The molecule has 0 N–H and O–H groups in total. The lowest BCUT2D eigenvalue weighted by molar-refractivity contribution is 0.616. The van der Waals surface area contributed by atoms with Crippen LogP contribution in [0.1, 0.15) is 49.3 Å². The van der Waals surface area contributed by atoms with Crippen LogP contribution in [0.5, 0.6) is 0 Å². The third-order valence-corrected chi connectivity index (χ3v) is 3.32. The van der Waals surface area contributed by atoms with E-state index in [2.05, 4.69) is 25.1 Å². The smallest absolute Gasteiger partial charge is 0.0276 e. The number of fused-ring (bicyclic) bond motifs is 1. The lowest BCUT2D eigenvalue weighted by atomic mass is 9.92. The van der Waals surface area contributed by atoms with Crippen molar-refractivity contribution in [3.8, 4) is 0 Å². The maximum atomic E-state index is 2.43. The Morgan fingerprint density at radius 3 is 2.36 bits per heavy atom. The van der Waals surface area contributed by atoms with Crippen LogP contribution >= 0.6 is 0 Å². The highest BCUT2D eigenvalue weighted by Crippen LogP contribution is 2.21. The van der Waals surface area contributed by atoms with E-state index in [4.69, 9.17) is 0 Å². The zero-order chi connectivity index (χ0) is 9.80. The van der Waals surface area contributed by atoms with Gasteiger partial charge >= 0.3 is 0 Å². The first kappa shape index (κ1) is 9.76. The van der Waals surface area contributed by atoms with Crippen molar-refractivity contribution in [2.45, 2.75) is 51.9 Å². The molecule has 1 aromatic carbocycles. The highest BCUT2D eigenvalue weighted by atomic mass is 14.1. The molecular formula is C14H20. The molecule has 0 spiro atoms. The van der Waals surface area contributed by atoms with E-state index in [1.807, 2.05) is 0 Å². The maximum absolute atomic E-state index is 2.43. The van der Waals surface area contributed by atoms with Crippen molar-refractivity contribution in [2.24, 2.45) is 0 Å². The molecule has 0 heterocycles. The van der Waals surface area contributed by atoms with Gasteiger partial charge in [0.25, 0.3) is 0 Å². The second kappa shape index (κ2) is 4.63. The van der Waals surface area contributed by atoms with Gasteiger partial charge < -0.3 is 0 Å². The van der Waals surface area contributed by atoms with Crippen LogP contribution in [-0.2, 0) is 19.3 Å². The quantitative estimate of drug-likeness (QED) is 0.627. The minimum absolute atomic E-state index is 1.17. The molecule has 1 aliphatic rings. The number of hydrogen-bond acceptors (Lipinski definition) is 0. The highest BCUT2D eigenvalue weighted by Gasteiger charge is 2.06. The van der Waals surface area contributed by atoms with E-state index >= 15 is 0 Å². The van der Waals surface area contributed by atoms with Crippen molar-refractivity contribution in [2.75, 3.05) is 0 Å². The molecule has 0 unspecified atom stereocenters. The van der Waals surface area contributed by atoms with E-state index < -0.39 is 0 Å². The number of rotatable bonds is 1. The molecule has 0 fully saturated rings. The molecule has 0 aliphatic heterocycles. The van der Waals surface area contributed by atoms with Crippen molar-refractivity contribution in [3.63, 3.8) is 0 Å². The van der Waals surface area contributed by atoms with E-state index in [0.29, 0.717) is 0 Å². The van der Waals surface area contributed by atoms with Gasteiger partial charge in [0.1, 0.15) is 0 Å². The van der Waals surface area contributed by atoms with E-state index in [-0.39, 0.29) is 0 Å². The fourth-order valence-corrected chi connectivity index (χ4v) is 2.36. The van der Waals surface area contributed by atoms with Gasteiger partial charge in [0, 0.05) is 0 Å². The predicted octanol–water partition coefficient (Wildman–Crippen LogP) is 3.91. The molecule has 0 bridgehead atoms. The maximum Gasteiger partial charge on any atom is -0.0276 e. The van der Waals surface area contributed by atoms with Gasteiger partial charge in [-0.2, -0.15) is 0 Å². The molecule has 0 nitrogen and oxygen atoms in total. The topological polar surface area (TPSA) is 0 Å². The largest absolute Gasteiger partial charge is 0.0613 e. The van der Waals surface area contributed by atoms with Crippen molar-refractivity contribution < 1.29 is 0 Å². The second-order valence-electron chi connectivity index (χ2n) is 4.37. The Morgan fingerprint density at radius 1 is 0.929 bits per heavy atom. The van der Waals surface area contributed by atoms with Crippen LogP contribution in [0.3, 0.4) is 0 Å². The van der Waals surface area contributed by atoms with E-state index in [1.165, 1.54) is 50.5 Å². The van der Waals surface area contributed by atoms with Crippen molar-refractivity contribution in [1.29, 1.82) is 0 Å². The Kier molecular flexibility index (Phi) is 3.23. The average molecular weight is 188 g/mol. The molecule has 0 aromatic heterocycles. The molecule has 14 heavy (non-hydrogen) atoms. The normalized spacial score (nSPS) is 16.9. The van der Waals surface area contributed by atoms with Crippen molar-refractivity contribution in [1.82, 2.24) is 0 Å². The summed E-state index contributed by atoms with van der Waals surface area (Å²) in [5.74, 6) is 0. The third-order valence-electron chi connectivity index (χ3n) is 3.32. The molecule has 0 heteroatoms. The lowest BCUT2D eigenvalue weighted by Crippen LogP contribution is -2.00. The number of aryl methyl sites for hydroxylation is 3. The standard InChI is InChI=1S/C14H20/c1-2-12-9-10-13-7-5-3-4-6-8-14(13)11-12/h9-11H,2-8H2,1H3. The van der Waals surface area contributed by atoms with Gasteiger partial charge in [-0.1, -0.05) is 38.0 Å². The van der Waals surface area contributed by atoms with Crippen molar-refractivity contribution >= 4 is 0 Å². The zero-order valence-electron chi connectivity index (χ0n) is 9.18. The number of hydrogen-bond donors (Lipinski definition) is 0. The van der Waals surface area contributed by atoms with Crippen LogP contribution in [0.2, 0.25) is 0 Å². The molecular weight excluding hydrogens is 168 g/mol. The Labute approximate surface area is 87.3 Å². The van der Waals surface area contributed by atoms with Gasteiger partial charge in [-0.05, 0) is 48.8 Å². The molecule has 0 atom stereocenters. The number of benzene rings is 1. The highest BCUT2D eigenvalue weighted by molar-refractivity contribution is 5.32. The van der Waals surface area contributed by atoms with Crippen LogP contribution in [0, 0.1) is 0 Å². The molecule has 2 rings (SSSR count). The fraction of sp³-hybridized carbons (Fsp3) is 0.571. The molecule has 0 amide bonds. The van der Waals surface area contributed by atoms with Gasteiger partial charge in [-0.3, -0.25) is 0 Å². The van der Waals surface area contributed by atoms with Crippen LogP contribution in [-0.4, -0.2) is 0 Å². The molecule has 1 aliphatic carbocycles. The van der Waals surface area contributed by atoms with Gasteiger partial charge in [-0.25, -0.2) is 0 Å². The van der Waals surface area contributed by atoms with Crippen LogP contribution in [0.15, 0.2) is 18.2 Å². The summed E-state index contributed by atoms with van der Waals surface area (Å²) in [6.45, 7) is 2.24. The van der Waals surface area contributed by atoms with Gasteiger partial charge in [0.15, 0.2) is 0 Å². The summed E-state index contributed by atoms with van der Waals surface area (Å²) in [6, 6.07) is 7.10. The van der Waals surface area contributed by atoms with Gasteiger partial charge in [0.2, 0.25) is 0 Å². The Balaban J connectivity index is 2.26. The summed E-state index contributed by atoms with van der Waals surface area (Å²) in [4.78, 5) is 0. The summed E-state index contributed by atoms with van der Waals surface area (Å²) in [6.07, 6.45) is 9.42. The third kappa shape index (κ3) is 2.17. The van der Waals surface area contributed by atoms with Gasteiger partial charge in [-0.15, -0.1) is 0 Å². The second-order valence-corrected chi connectivity index (χ2v) is 4.37. The molecule has 0 saturated carbocycles.